The summed E-state index contributed by atoms with van der Waals surface area (Å²) in [5.74, 6) is -1.38. The summed E-state index contributed by atoms with van der Waals surface area (Å²) < 4.78 is 0. The summed E-state index contributed by atoms with van der Waals surface area (Å²) in [6.07, 6.45) is 3.54. The van der Waals surface area contributed by atoms with Gasteiger partial charge in [0.25, 0.3) is 5.91 Å². The van der Waals surface area contributed by atoms with E-state index in [9.17, 15) is 14.7 Å². The number of nitrogens with one attached hydrogen (secondary N) is 1. The first-order valence-corrected chi connectivity index (χ1v) is 7.25. The Hall–Kier alpha value is -2.62. The predicted octanol–water partition coefficient (Wildman–Crippen LogP) is 3.38. The van der Waals surface area contributed by atoms with Crippen LogP contribution in [0.3, 0.4) is 0 Å². The van der Waals surface area contributed by atoms with Crippen LogP contribution in [0.15, 0.2) is 55.1 Å². The lowest BCUT2D eigenvalue weighted by Crippen LogP contribution is -2.40. The number of amides is 1. The van der Waals surface area contributed by atoms with Crippen LogP contribution >= 0.6 is 0 Å². The van der Waals surface area contributed by atoms with Gasteiger partial charge in [0.05, 0.1) is 0 Å². The number of hydrogen-bond donors (Lipinski definition) is 2. The molecule has 0 aliphatic heterocycles. The molecule has 0 spiro atoms. The number of aliphatic carboxylic acids is 1. The van der Waals surface area contributed by atoms with Crippen LogP contribution in [0.4, 0.5) is 0 Å². The van der Waals surface area contributed by atoms with Gasteiger partial charge in [-0.05, 0) is 42.2 Å². The van der Waals surface area contributed by atoms with Crippen LogP contribution < -0.4 is 5.32 Å². The first-order valence-electron chi connectivity index (χ1n) is 7.25. The molecule has 4 nitrogen and oxygen atoms in total. The van der Waals surface area contributed by atoms with Gasteiger partial charge in [0.2, 0.25) is 0 Å². The number of fused-ring (bicyclic) bond motifs is 1. The molecule has 0 aliphatic carbocycles. The molecule has 22 heavy (non-hydrogen) atoms. The normalized spacial score (nSPS) is 11.8. The minimum Gasteiger partial charge on any atom is -0.480 e. The summed E-state index contributed by atoms with van der Waals surface area (Å²) in [5, 5.41) is 13.8. The zero-order valence-electron chi connectivity index (χ0n) is 12.3. The molecule has 2 aromatic carbocycles. The molecule has 0 fully saturated rings. The molecule has 2 aromatic rings. The highest BCUT2D eigenvalue weighted by molar-refractivity contribution is 6.00. The number of unbranched alkanes of at least 4 members (excludes halogenated alkanes) is 1. The van der Waals surface area contributed by atoms with E-state index in [0.29, 0.717) is 18.4 Å². The van der Waals surface area contributed by atoms with Gasteiger partial charge in [-0.1, -0.05) is 36.4 Å². The fraction of sp³-hybridized carbons (Fsp3) is 0.222. The molecule has 0 bridgehead atoms. The SMILES string of the molecule is C=CCCC[C@H](NC(=O)c1ccc2ccccc2c1)C(=O)O. The molecule has 1 atom stereocenters. The van der Waals surface area contributed by atoms with E-state index in [2.05, 4.69) is 11.9 Å². The third-order valence-corrected chi connectivity index (χ3v) is 3.52. The Morgan fingerprint density at radius 2 is 1.91 bits per heavy atom. The summed E-state index contributed by atoms with van der Waals surface area (Å²) in [7, 11) is 0. The maximum absolute atomic E-state index is 12.2. The molecule has 1 amide bonds. The van der Waals surface area contributed by atoms with E-state index >= 15 is 0 Å². The van der Waals surface area contributed by atoms with Crippen molar-refractivity contribution in [2.24, 2.45) is 0 Å². The van der Waals surface area contributed by atoms with E-state index in [4.69, 9.17) is 0 Å². The van der Waals surface area contributed by atoms with Crippen molar-refractivity contribution in [1.29, 1.82) is 0 Å². The number of benzene rings is 2. The van der Waals surface area contributed by atoms with Crippen molar-refractivity contribution >= 4 is 22.6 Å². The molecule has 4 heteroatoms. The molecular weight excluding hydrogens is 278 g/mol. The maximum Gasteiger partial charge on any atom is 0.326 e. The van der Waals surface area contributed by atoms with Crippen LogP contribution in [-0.4, -0.2) is 23.0 Å². The fourth-order valence-corrected chi connectivity index (χ4v) is 2.30. The van der Waals surface area contributed by atoms with Crippen molar-refractivity contribution in [2.75, 3.05) is 0 Å². The highest BCUT2D eigenvalue weighted by Crippen LogP contribution is 2.16. The van der Waals surface area contributed by atoms with Crippen LogP contribution in [0, 0.1) is 0 Å². The molecule has 0 aliphatic rings. The van der Waals surface area contributed by atoms with E-state index in [1.807, 2.05) is 30.3 Å². The Morgan fingerprint density at radius 3 is 2.59 bits per heavy atom. The molecule has 0 unspecified atom stereocenters. The molecule has 2 N–H and O–H groups in total. The first kappa shape index (κ1) is 15.8. The van der Waals surface area contributed by atoms with Crippen molar-refractivity contribution in [3.63, 3.8) is 0 Å². The molecular formula is C18H19NO3. The third-order valence-electron chi connectivity index (χ3n) is 3.52. The second-order valence-electron chi connectivity index (χ2n) is 5.15. The molecule has 0 radical (unpaired) electrons. The van der Waals surface area contributed by atoms with Crippen LogP contribution in [-0.2, 0) is 4.79 Å². The van der Waals surface area contributed by atoms with Gasteiger partial charge >= 0.3 is 5.97 Å². The van der Waals surface area contributed by atoms with Crippen LogP contribution in [0.5, 0.6) is 0 Å². The quantitative estimate of drug-likeness (QED) is 0.608. The lowest BCUT2D eigenvalue weighted by Gasteiger charge is -2.14. The number of rotatable bonds is 7. The molecule has 0 saturated heterocycles. The average molecular weight is 297 g/mol. The summed E-state index contributed by atoms with van der Waals surface area (Å²) >= 11 is 0. The second kappa shape index (κ2) is 7.41. The summed E-state index contributed by atoms with van der Waals surface area (Å²) in [6.45, 7) is 3.61. The summed E-state index contributed by atoms with van der Waals surface area (Å²) in [4.78, 5) is 23.5. The van der Waals surface area contributed by atoms with E-state index in [1.165, 1.54) is 0 Å². The Labute approximate surface area is 129 Å². The number of allylic oxidation sites excluding steroid dienone is 1. The van der Waals surface area contributed by atoms with Crippen molar-refractivity contribution in [3.8, 4) is 0 Å². The number of carboxylic acid groups (broad SMARTS) is 1. The third kappa shape index (κ3) is 3.95. The van der Waals surface area contributed by atoms with Gasteiger partial charge in [0.1, 0.15) is 6.04 Å². The molecule has 0 saturated carbocycles. The van der Waals surface area contributed by atoms with E-state index in [1.54, 1.807) is 18.2 Å². The topological polar surface area (TPSA) is 66.4 Å². The minimum atomic E-state index is -1.02. The smallest absolute Gasteiger partial charge is 0.326 e. The van der Waals surface area contributed by atoms with Crippen molar-refractivity contribution < 1.29 is 14.7 Å². The van der Waals surface area contributed by atoms with Gasteiger partial charge < -0.3 is 10.4 Å². The average Bonchev–Trinajstić information content (AvgIpc) is 2.53. The van der Waals surface area contributed by atoms with Crippen LogP contribution in [0.25, 0.3) is 10.8 Å². The van der Waals surface area contributed by atoms with Gasteiger partial charge in [-0.15, -0.1) is 6.58 Å². The van der Waals surface area contributed by atoms with Crippen molar-refractivity contribution in [2.45, 2.75) is 25.3 Å². The van der Waals surface area contributed by atoms with E-state index in [0.717, 1.165) is 17.2 Å². The monoisotopic (exact) mass is 297 g/mol. The highest BCUT2D eigenvalue weighted by atomic mass is 16.4. The zero-order chi connectivity index (χ0) is 15.9. The molecule has 0 aromatic heterocycles. The minimum absolute atomic E-state index is 0.364. The van der Waals surface area contributed by atoms with Gasteiger partial charge in [-0.2, -0.15) is 0 Å². The number of carbonyl (C=O) groups excluding carboxylic acids is 1. The lowest BCUT2D eigenvalue weighted by molar-refractivity contribution is -0.139. The Kier molecular flexibility index (Phi) is 5.31. The van der Waals surface area contributed by atoms with Gasteiger partial charge in [-0.25, -0.2) is 4.79 Å². The van der Waals surface area contributed by atoms with Crippen LogP contribution in [0.2, 0.25) is 0 Å². The Bertz CT molecular complexity index is 694. The first-order chi connectivity index (χ1) is 10.6. The predicted molar refractivity (Wildman–Crippen MR) is 86.9 cm³/mol. The molecule has 2 rings (SSSR count). The van der Waals surface area contributed by atoms with Gasteiger partial charge in [0.15, 0.2) is 0 Å². The van der Waals surface area contributed by atoms with Gasteiger partial charge in [0, 0.05) is 5.56 Å². The highest BCUT2D eigenvalue weighted by Gasteiger charge is 2.20. The second-order valence-corrected chi connectivity index (χ2v) is 5.15. The maximum atomic E-state index is 12.2. The summed E-state index contributed by atoms with van der Waals surface area (Å²) in [6, 6.07) is 12.2. The molecule has 114 valence electrons. The van der Waals surface area contributed by atoms with Crippen molar-refractivity contribution in [1.82, 2.24) is 5.32 Å². The van der Waals surface area contributed by atoms with Gasteiger partial charge in [-0.3, -0.25) is 4.79 Å². The fourth-order valence-electron chi connectivity index (χ4n) is 2.30. The largest absolute Gasteiger partial charge is 0.480 e. The number of carbonyl (C=O) groups is 2. The number of carboxylic acids is 1. The van der Waals surface area contributed by atoms with Crippen molar-refractivity contribution in [3.05, 3.63) is 60.7 Å². The zero-order valence-corrected chi connectivity index (χ0v) is 12.3. The molecule has 0 heterocycles. The number of hydrogen-bond acceptors (Lipinski definition) is 2. The summed E-state index contributed by atoms with van der Waals surface area (Å²) in [5.41, 5.74) is 0.466. The standard InChI is InChI=1S/C18H19NO3/c1-2-3-4-9-16(18(21)22)19-17(20)15-11-10-13-7-5-6-8-14(13)12-15/h2,5-8,10-12,16H,1,3-4,9H2,(H,19,20)(H,21,22)/t16-/m0/s1. The van der Waals surface area contributed by atoms with E-state index in [-0.39, 0.29) is 5.91 Å². The van der Waals surface area contributed by atoms with E-state index < -0.39 is 12.0 Å². The Morgan fingerprint density at radius 1 is 1.18 bits per heavy atom. The van der Waals surface area contributed by atoms with Crippen LogP contribution in [0.1, 0.15) is 29.6 Å². The lowest BCUT2D eigenvalue weighted by atomic mass is 10.1. The Balaban J connectivity index is 2.10.